The number of imidazole rings is 1. The first kappa shape index (κ1) is 34.4. The Labute approximate surface area is 324 Å². The fourth-order valence-corrected chi connectivity index (χ4v) is 7.85. The van der Waals surface area contributed by atoms with E-state index in [1.54, 1.807) is 6.07 Å². The van der Waals surface area contributed by atoms with E-state index in [1.165, 1.54) is 0 Å². The van der Waals surface area contributed by atoms with Crippen LogP contribution in [0.3, 0.4) is 0 Å². The molecule has 0 bridgehead atoms. The van der Waals surface area contributed by atoms with E-state index in [-0.39, 0.29) is 37.6 Å². The van der Waals surface area contributed by atoms with Gasteiger partial charge in [0.05, 0.1) is 17.1 Å². The average molecular weight is 869 g/mol. The van der Waals surface area contributed by atoms with E-state index in [4.69, 9.17) is 15.0 Å². The van der Waals surface area contributed by atoms with Gasteiger partial charge in [0.15, 0.2) is 0 Å². The van der Waals surface area contributed by atoms with Crippen molar-refractivity contribution in [3.8, 4) is 67.9 Å². The quantitative estimate of drug-likeness (QED) is 0.175. The molecule has 9 rings (SSSR count). The molecule has 0 unspecified atom stereocenters. The van der Waals surface area contributed by atoms with Gasteiger partial charge in [-0.15, -0.1) is 35.0 Å². The van der Waals surface area contributed by atoms with Crippen molar-refractivity contribution in [2.45, 2.75) is 38.5 Å². The molecule has 0 radical (unpaired) electrons. The Kier molecular flexibility index (Phi) is 8.51. The number of hydrogen-bond acceptors (Lipinski definition) is 4. The summed E-state index contributed by atoms with van der Waals surface area (Å²) in [7, 11) is 0. The minimum absolute atomic E-state index is 0. The zero-order valence-corrected chi connectivity index (χ0v) is 32.2. The molecule has 3 heterocycles. The zero-order chi connectivity index (χ0) is 35.6. The smallest absolute Gasteiger partial charge is 0.125 e. The maximum Gasteiger partial charge on any atom is 0.125 e. The number of nitrogens with zero attached hydrogens (tertiary/aromatic N) is 4. The van der Waals surface area contributed by atoms with Gasteiger partial charge in [0.1, 0.15) is 17.3 Å². The van der Waals surface area contributed by atoms with Gasteiger partial charge in [-0.2, -0.15) is 0 Å². The molecule has 262 valence electrons. The predicted molar refractivity (Wildman–Crippen MR) is 210 cm³/mol. The Bertz CT molecular complexity index is 2580. The average Bonchev–Trinajstić information content (AvgIpc) is 3.62. The van der Waals surface area contributed by atoms with Gasteiger partial charge < -0.3 is 14.7 Å². The van der Waals surface area contributed by atoms with Crippen LogP contribution in [-0.2, 0) is 31.9 Å². The predicted octanol–water partition coefficient (Wildman–Crippen LogP) is 11.2. The number of hydrogen-bond donors (Lipinski definition) is 1. The van der Waals surface area contributed by atoms with Crippen LogP contribution in [0.1, 0.15) is 38.8 Å². The number of pyridine rings is 2. The van der Waals surface area contributed by atoms with Crippen molar-refractivity contribution in [1.82, 2.24) is 19.5 Å². The third-order valence-electron chi connectivity index (χ3n) is 11.3. The van der Waals surface area contributed by atoms with Crippen molar-refractivity contribution < 1.29 is 26.2 Å². The number of para-hydroxylation sites is 1. The molecule has 1 aliphatic carbocycles. The number of benzene rings is 5. The summed E-state index contributed by atoms with van der Waals surface area (Å²) in [6, 6.07) is 48.9. The van der Waals surface area contributed by atoms with Crippen molar-refractivity contribution >= 4 is 10.8 Å². The Morgan fingerprint density at radius 1 is 0.604 bits per heavy atom. The number of phenolic OH excluding ortho intramolecular Hbond substituents is 1. The van der Waals surface area contributed by atoms with Crippen molar-refractivity contribution in [1.29, 1.82) is 0 Å². The van der Waals surface area contributed by atoms with Gasteiger partial charge in [-0.25, -0.2) is 9.97 Å². The number of fused-ring (bicyclic) bond motifs is 4. The maximum atomic E-state index is 11.3. The van der Waals surface area contributed by atoms with E-state index in [0.717, 1.165) is 66.8 Å². The Morgan fingerprint density at radius 3 is 1.96 bits per heavy atom. The first-order chi connectivity index (χ1) is 25.2. The summed E-state index contributed by atoms with van der Waals surface area (Å²) in [5, 5.41) is 13.2. The SMILES string of the molecule is CC1(C)c2ccc(-c3cn(-c4c(-c5ccccc5)cccc4-c4ccccc4)c(-c4nccc5ccc[c-]c45)n3)nc2-c2c(O)cccc2C1(C)C.[Pt]. The van der Waals surface area contributed by atoms with E-state index in [2.05, 4.69) is 136 Å². The minimum atomic E-state index is -0.249. The first-order valence-corrected chi connectivity index (χ1v) is 17.7. The van der Waals surface area contributed by atoms with Gasteiger partial charge in [0, 0.05) is 61.3 Å². The molecule has 1 aliphatic rings. The summed E-state index contributed by atoms with van der Waals surface area (Å²) in [4.78, 5) is 15.7. The Balaban J connectivity index is 0.00000400. The zero-order valence-electron chi connectivity index (χ0n) is 29.9. The van der Waals surface area contributed by atoms with Gasteiger partial charge in [-0.1, -0.05) is 131 Å². The van der Waals surface area contributed by atoms with Crippen molar-refractivity contribution in [2.24, 2.45) is 0 Å². The van der Waals surface area contributed by atoms with Crippen LogP contribution in [-0.4, -0.2) is 24.6 Å². The summed E-state index contributed by atoms with van der Waals surface area (Å²) >= 11 is 0. The topological polar surface area (TPSA) is 63.8 Å². The van der Waals surface area contributed by atoms with E-state index >= 15 is 0 Å². The molecule has 0 saturated heterocycles. The van der Waals surface area contributed by atoms with Crippen LogP contribution in [0.15, 0.2) is 146 Å². The van der Waals surface area contributed by atoms with Crippen molar-refractivity contribution in [3.63, 3.8) is 0 Å². The van der Waals surface area contributed by atoms with E-state index in [9.17, 15) is 5.11 Å². The molecule has 0 fully saturated rings. The maximum absolute atomic E-state index is 11.3. The third kappa shape index (κ3) is 5.45. The van der Waals surface area contributed by atoms with Crippen LogP contribution in [0.25, 0.3) is 72.9 Å². The van der Waals surface area contributed by atoms with E-state index in [0.29, 0.717) is 17.2 Å². The summed E-state index contributed by atoms with van der Waals surface area (Å²) in [6.45, 7) is 9.03. The molecule has 53 heavy (non-hydrogen) atoms. The van der Waals surface area contributed by atoms with E-state index in [1.807, 2.05) is 42.6 Å². The molecule has 0 spiro atoms. The van der Waals surface area contributed by atoms with Gasteiger partial charge in [-0.3, -0.25) is 0 Å². The summed E-state index contributed by atoms with van der Waals surface area (Å²) < 4.78 is 2.18. The summed E-state index contributed by atoms with van der Waals surface area (Å²) in [5.74, 6) is 0.922. The third-order valence-corrected chi connectivity index (χ3v) is 11.3. The van der Waals surface area contributed by atoms with Gasteiger partial charge >= 0.3 is 0 Å². The molecule has 6 heteroatoms. The normalized spacial score (nSPS) is 13.9. The molecule has 5 nitrogen and oxygen atoms in total. The number of aromatic hydroxyl groups is 1. The van der Waals surface area contributed by atoms with E-state index < -0.39 is 0 Å². The number of rotatable bonds is 5. The summed E-state index contributed by atoms with van der Waals surface area (Å²) in [6.07, 6.45) is 3.93. The molecule has 5 aromatic carbocycles. The number of aromatic nitrogens is 4. The molecular formula is C47H37N4OPt-. The second-order valence-corrected chi connectivity index (χ2v) is 14.6. The monoisotopic (exact) mass is 868 g/mol. The molecule has 0 aliphatic heterocycles. The molecule has 1 N–H and O–H groups in total. The summed E-state index contributed by atoms with van der Waals surface area (Å²) in [5.41, 5.74) is 10.7. The van der Waals surface area contributed by atoms with Crippen LogP contribution in [0.5, 0.6) is 5.75 Å². The van der Waals surface area contributed by atoms with Crippen molar-refractivity contribution in [2.75, 3.05) is 0 Å². The van der Waals surface area contributed by atoms with Gasteiger partial charge in [0.25, 0.3) is 0 Å². The largest absolute Gasteiger partial charge is 0.507 e. The number of phenols is 1. The standard InChI is InChI=1S/C47H37N4O.Pt/c1-46(2)36-23-14-24-40(52)41(36)43-37(47(46,3)4)25-26-38(49-43)39-29-51(45(50-39)42-33-20-12-11-19-32(33)27-28-48-42)44-34(30-15-7-5-8-16-30)21-13-22-35(44)31-17-9-6-10-18-31;/h5-19,21-29,52H,1-4H3;/q-1;. The Hall–Kier alpha value is -5.64. The van der Waals surface area contributed by atoms with Gasteiger partial charge in [0.2, 0.25) is 0 Å². The van der Waals surface area contributed by atoms with Gasteiger partial charge in [-0.05, 0) is 39.8 Å². The fraction of sp³-hybridized carbons (Fsp3) is 0.128. The molecule has 3 aromatic heterocycles. The fourth-order valence-electron chi connectivity index (χ4n) is 7.85. The molecule has 0 saturated carbocycles. The van der Waals surface area contributed by atoms with Crippen LogP contribution >= 0.6 is 0 Å². The molecule has 0 atom stereocenters. The Morgan fingerprint density at radius 2 is 1.26 bits per heavy atom. The minimum Gasteiger partial charge on any atom is -0.507 e. The van der Waals surface area contributed by atoms with Crippen molar-refractivity contribution in [3.05, 3.63) is 163 Å². The van der Waals surface area contributed by atoms with Crippen LogP contribution < -0.4 is 0 Å². The van der Waals surface area contributed by atoms with Crippen LogP contribution in [0.4, 0.5) is 0 Å². The molecular weight excluding hydrogens is 832 g/mol. The molecule has 8 aromatic rings. The second-order valence-electron chi connectivity index (χ2n) is 14.6. The first-order valence-electron chi connectivity index (χ1n) is 17.7. The molecule has 0 amide bonds. The van der Waals surface area contributed by atoms with Crippen LogP contribution in [0, 0.1) is 6.07 Å². The second kappa shape index (κ2) is 13.1. The van der Waals surface area contributed by atoms with Crippen LogP contribution in [0.2, 0.25) is 0 Å².